The van der Waals surface area contributed by atoms with E-state index in [1.807, 2.05) is 12.2 Å². The summed E-state index contributed by atoms with van der Waals surface area (Å²) in [6.45, 7) is -1.75. The number of hydrogen-bond donors (Lipinski definition) is 0. The van der Waals surface area contributed by atoms with Crippen LogP contribution in [0.1, 0.15) is 140 Å². The first-order chi connectivity index (χ1) is 63.0. The summed E-state index contributed by atoms with van der Waals surface area (Å²) in [7, 11) is -5.37. The number of ketones is 3. The molecule has 7 aliphatic rings. The van der Waals surface area contributed by atoms with Crippen LogP contribution in [0.25, 0.3) is 35.3 Å². The molecule has 0 bridgehead atoms. The molecule has 9 aromatic heterocycles. The van der Waals surface area contributed by atoms with Gasteiger partial charge in [-0.2, -0.15) is 38.7 Å². The highest BCUT2D eigenvalue weighted by Gasteiger charge is 2.59. The number of carbonyl (C=O) groups excluding carboxylic acids is 3. The second-order valence-corrected chi connectivity index (χ2v) is 42.2. The molecule has 0 aliphatic heterocycles. The zero-order chi connectivity index (χ0) is 94.6. The summed E-state index contributed by atoms with van der Waals surface area (Å²) in [4.78, 5) is 58.9. The van der Waals surface area contributed by atoms with Crippen molar-refractivity contribution in [1.82, 2.24) is 86.3 Å². The van der Waals surface area contributed by atoms with E-state index in [9.17, 15) is 84.1 Å². The number of Topliss-reactive ketones (excluding diaryl/α,β-unsaturated/α-hetero) is 3. The van der Waals surface area contributed by atoms with Crippen LogP contribution >= 0.6 is 22.9 Å². The highest BCUT2D eigenvalue weighted by Crippen LogP contribution is 2.57. The van der Waals surface area contributed by atoms with Crippen molar-refractivity contribution in [3.05, 3.63) is 271 Å². The molecule has 0 N–H and O–H groups in total. The lowest BCUT2D eigenvalue weighted by molar-refractivity contribution is -0.134. The third-order valence-electron chi connectivity index (χ3n) is 25.7. The van der Waals surface area contributed by atoms with Crippen LogP contribution in [0.3, 0.4) is 0 Å². The fourth-order valence-corrected chi connectivity index (χ4v) is 26.1. The van der Waals surface area contributed by atoms with E-state index in [0.29, 0.717) is 87.6 Å². The molecule has 42 heteroatoms. The van der Waals surface area contributed by atoms with Gasteiger partial charge in [-0.1, -0.05) is 28.3 Å². The minimum atomic E-state index is -4.71. The second-order valence-electron chi connectivity index (χ2n) is 34.3. The van der Waals surface area contributed by atoms with Crippen molar-refractivity contribution in [2.45, 2.75) is 154 Å². The standard InChI is InChI=1S/C32H30ClF3N6O2S.C30H28F4N6O2S.C29H26F6N6O2S2/c1-40-18-29(38-19-40)45(2,44)42(26-15-32(35,36)16-26)25-6-3-21-11-28-20(17-39-41(28)24-7-4-23(34)5-8-24)13-31(21,14-25)30(43)27-12-22(33)9-10-37-27;1-38-12-10-28(37-38)43(2,42)39(18-27(33)34)24-6-3-20-13-26-19(17-36-40(26)23-7-4-21(31)5-8-23)15-30(20,16-24)29(41)25-14-22(32)9-11-35-25;1-39-10-9-25(38-39)45(2,43)40(16-24(31)32)21-6-3-18-11-22-17(14-37-41(22)20-7-4-19(30)5-8-20)12-28(18,13-21)26(42)27-36-15-23(44-27)29(33,34)35/h4-5,7-12,17-19,25-26H,2-3,6,13-16H2,1H3;4-5,7-14,17,24,27H,2-3,6,15-16,18H2,1H3;4-5,7-11,14-15,21,24H,2-3,6,12-13,16H2,1H3/t25-,31-,45?;24-,30-,43?;21-,28-,45?/m000/s1. The summed E-state index contributed by atoms with van der Waals surface area (Å²) >= 11 is 6.50. The molecule has 3 unspecified atom stereocenters. The number of hydrogen-bond acceptors (Lipinski definition) is 16. The molecule has 0 radical (unpaired) electrons. The van der Waals surface area contributed by atoms with Crippen LogP contribution in [0.15, 0.2) is 203 Å². The second kappa shape index (κ2) is 35.7. The van der Waals surface area contributed by atoms with Gasteiger partial charge in [-0.05, 0) is 233 Å². The van der Waals surface area contributed by atoms with E-state index in [1.165, 1.54) is 112 Å². The van der Waals surface area contributed by atoms with Crippen LogP contribution < -0.4 is 0 Å². The first-order valence-corrected chi connectivity index (χ1v) is 48.2. The van der Waals surface area contributed by atoms with Crippen LogP contribution in [0.4, 0.5) is 57.1 Å². The molecule has 9 atom stereocenters. The van der Waals surface area contributed by atoms with Crippen molar-refractivity contribution in [2.24, 2.45) is 37.4 Å². The first kappa shape index (κ1) is 93.2. The summed E-state index contributed by atoms with van der Waals surface area (Å²) in [6, 6.07) is 22.8. The predicted molar refractivity (Wildman–Crippen MR) is 475 cm³/mol. The maximum Gasteiger partial charge on any atom is 0.427 e. The summed E-state index contributed by atoms with van der Waals surface area (Å²) < 4.78 is 236. The van der Waals surface area contributed by atoms with Gasteiger partial charge < -0.3 is 4.57 Å². The monoisotopic (exact) mass is 1930 g/mol. The van der Waals surface area contributed by atoms with Gasteiger partial charge in [-0.15, -0.1) is 11.3 Å². The number of halogens is 14. The number of aryl methyl sites for hydroxylation is 3. The number of alkyl halides is 9. The number of allylic oxidation sites excluding steroid dienone is 3. The Bertz CT molecular complexity index is 6980. The molecule has 7 aliphatic carbocycles. The number of pyridine rings is 2. The van der Waals surface area contributed by atoms with E-state index < -0.39 is 154 Å². The highest BCUT2D eigenvalue weighted by molar-refractivity contribution is 7.98. The zero-order valence-electron chi connectivity index (χ0n) is 71.2. The minimum absolute atomic E-state index is 0.00591. The molecule has 12 aromatic rings. The first-order valence-electron chi connectivity index (χ1n) is 41.9. The lowest BCUT2D eigenvalue weighted by atomic mass is 9.60. The number of thiazole rings is 1. The van der Waals surface area contributed by atoms with Gasteiger partial charge in [0.2, 0.25) is 5.78 Å². The van der Waals surface area contributed by atoms with Gasteiger partial charge in [0.15, 0.2) is 31.7 Å². The number of rotatable bonds is 23. The molecule has 9 heterocycles. The Kier molecular flexibility index (Phi) is 25.0. The van der Waals surface area contributed by atoms with E-state index >= 15 is 0 Å². The molecular weight excluding hydrogens is 1850 g/mol. The Hall–Kier alpha value is -11.6. The third kappa shape index (κ3) is 18.0. The number of fused-ring (bicyclic) bond motifs is 6. The van der Waals surface area contributed by atoms with Gasteiger partial charge in [0.05, 0.1) is 124 Å². The van der Waals surface area contributed by atoms with Gasteiger partial charge in [-0.3, -0.25) is 33.7 Å². The fourth-order valence-electron chi connectivity index (χ4n) is 19.5. The Labute approximate surface area is 764 Å². The van der Waals surface area contributed by atoms with E-state index in [2.05, 4.69) is 63.0 Å². The largest absolute Gasteiger partial charge is 0.427 e. The quantitative estimate of drug-likeness (QED) is 0.0328. The molecule has 19 rings (SSSR count). The summed E-state index contributed by atoms with van der Waals surface area (Å²) in [6.07, 6.45) is 10.8. The fraction of sp³-hybridized carbons (Fsp3) is 0.330. The molecule has 0 spiro atoms. The van der Waals surface area contributed by atoms with Gasteiger partial charge >= 0.3 is 6.18 Å². The van der Waals surface area contributed by atoms with Crippen LogP contribution in [0, 0.1) is 39.5 Å². The minimum Gasteiger partial charge on any atom is -0.339 e. The average molecular weight is 1940 g/mol. The Morgan fingerprint density at radius 2 is 0.910 bits per heavy atom. The SMILES string of the molecule is C=S(=O)(c1ccn(C)n1)N(CC(F)F)[C@H]1CCC2=Cc3c(cnn3-c3ccc(F)cc3)C[C@]2(C(=O)c2cc(F)ccn2)C1.C=S(=O)(c1ccn(C)n1)N(CC(F)F)[C@H]1CCC2=Cc3c(cnn3-c3ccc(F)cc3)C[C@]2(C(=O)c2ncc(C(F)(F)F)s2)C1.C=S(=O)(c1cn(C)cn1)N(C1CC(F)(F)C1)[C@H]1CCC2=Cc3c(cnn3-c3ccc(F)cc3)C[C@]2(C(=O)c2cc(Cl)ccn2)C1. The van der Waals surface area contributed by atoms with E-state index in [1.54, 1.807) is 105 Å². The molecule has 133 heavy (non-hydrogen) atoms. The normalized spacial score (nSPS) is 22.2. The number of aromatic nitrogens is 15. The maximum absolute atomic E-state index is 14.6. The van der Waals surface area contributed by atoms with Crippen LogP contribution in [0.5, 0.6) is 0 Å². The van der Waals surface area contributed by atoms with Gasteiger partial charge in [0, 0.05) is 100 Å². The average Bonchev–Trinajstić information content (AvgIpc) is 1.70. The molecule has 24 nitrogen and oxygen atoms in total. The predicted octanol–water partition coefficient (Wildman–Crippen LogP) is 16.7. The van der Waals surface area contributed by atoms with Crippen LogP contribution in [-0.2, 0) is 75.7 Å². The highest BCUT2D eigenvalue weighted by atomic mass is 35.5. The third-order valence-corrected chi connectivity index (χ3v) is 33.3. The lowest BCUT2D eigenvalue weighted by Gasteiger charge is -2.51. The number of carbonyl (C=O) groups is 3. The van der Waals surface area contributed by atoms with Crippen molar-refractivity contribution in [3.63, 3.8) is 0 Å². The van der Waals surface area contributed by atoms with Gasteiger partial charge in [0.25, 0.3) is 18.8 Å². The summed E-state index contributed by atoms with van der Waals surface area (Å²) in [5.41, 5.74) is 4.27. The summed E-state index contributed by atoms with van der Waals surface area (Å²) in [5.74, 6) is 5.59. The molecule has 0 amide bonds. The van der Waals surface area contributed by atoms with Crippen molar-refractivity contribution < 1.29 is 84.1 Å². The molecule has 4 fully saturated rings. The van der Waals surface area contributed by atoms with Crippen molar-refractivity contribution in [1.29, 1.82) is 0 Å². The number of imidazole rings is 1. The van der Waals surface area contributed by atoms with Crippen molar-refractivity contribution in [2.75, 3.05) is 13.1 Å². The smallest absolute Gasteiger partial charge is 0.339 e. The molecule has 696 valence electrons. The lowest BCUT2D eigenvalue weighted by Crippen LogP contribution is -2.59. The topological polar surface area (TPSA) is 258 Å². The Balaban J connectivity index is 0.000000139. The van der Waals surface area contributed by atoms with Gasteiger partial charge in [-0.25, -0.2) is 93.5 Å². The molecule has 3 aromatic carbocycles. The number of benzene rings is 3. The molecule has 0 saturated heterocycles. The van der Waals surface area contributed by atoms with Crippen LogP contribution in [0.2, 0.25) is 5.02 Å². The Morgan fingerprint density at radius 1 is 0.504 bits per heavy atom. The maximum atomic E-state index is 14.6. The summed E-state index contributed by atoms with van der Waals surface area (Å²) in [5, 5.41) is 22.1. The Morgan fingerprint density at radius 3 is 1.28 bits per heavy atom. The van der Waals surface area contributed by atoms with E-state index in [0.717, 1.165) is 33.3 Å². The van der Waals surface area contributed by atoms with Crippen LogP contribution in [-0.4, -0.2) is 190 Å². The van der Waals surface area contributed by atoms with Crippen molar-refractivity contribution >= 4 is 105 Å². The molecular formula is C91H84ClF13N18O6S4. The van der Waals surface area contributed by atoms with E-state index in [4.69, 9.17) is 11.6 Å². The van der Waals surface area contributed by atoms with E-state index in [-0.39, 0.29) is 106 Å². The van der Waals surface area contributed by atoms with Crippen molar-refractivity contribution in [3.8, 4) is 17.1 Å². The number of nitrogens with zero attached hydrogens (tertiary/aromatic N) is 18. The molecule has 4 saturated carbocycles. The zero-order valence-corrected chi connectivity index (χ0v) is 75.2. The van der Waals surface area contributed by atoms with Gasteiger partial charge in [0.1, 0.15) is 39.5 Å².